The highest BCUT2D eigenvalue weighted by Crippen LogP contribution is 2.12. The lowest BCUT2D eigenvalue weighted by Gasteiger charge is -1.98. The Hall–Kier alpha value is -1.55. The normalized spacial score (nSPS) is 10.6. The highest BCUT2D eigenvalue weighted by molar-refractivity contribution is 5.81. The Balaban J connectivity index is 1.96. The van der Waals surface area contributed by atoms with Crippen LogP contribution in [-0.2, 0) is 0 Å². The van der Waals surface area contributed by atoms with Gasteiger partial charge in [-0.1, -0.05) is 30.3 Å². The van der Waals surface area contributed by atoms with E-state index >= 15 is 0 Å². The number of rotatable bonds is 3. The molecular weight excluding hydrogens is 347 g/mol. The van der Waals surface area contributed by atoms with E-state index in [1.54, 1.807) is 7.11 Å². The van der Waals surface area contributed by atoms with Gasteiger partial charge in [0.05, 0.1) is 7.11 Å². The van der Waals surface area contributed by atoms with Gasteiger partial charge in [-0.25, -0.2) is 0 Å². The smallest absolute Gasteiger partial charge is 0.358 e. The van der Waals surface area contributed by atoms with Gasteiger partial charge >= 0.3 is 21.2 Å². The first kappa shape index (κ1) is 12.5. The van der Waals surface area contributed by atoms with Crippen molar-refractivity contribution in [2.75, 3.05) is 7.11 Å². The number of ether oxygens (including phenoxy) is 1. The molecule has 0 aromatic heterocycles. The Kier molecular flexibility index (Phi) is 3.69. The summed E-state index contributed by atoms with van der Waals surface area (Å²) in [6, 6.07) is 23.6. The lowest BCUT2D eigenvalue weighted by Crippen LogP contribution is -3.61. The molecule has 0 saturated carbocycles. The Morgan fingerprint density at radius 1 is 0.789 bits per heavy atom. The summed E-state index contributed by atoms with van der Waals surface area (Å²) >= 11 is -0.147. The molecule has 0 saturated heterocycles. The molecule has 3 rings (SSSR count). The zero-order valence-corrected chi connectivity index (χ0v) is 12.8. The third kappa shape index (κ3) is 2.73. The summed E-state index contributed by atoms with van der Waals surface area (Å²) < 4.78 is 8.09. The van der Waals surface area contributed by atoms with E-state index in [1.165, 1.54) is 17.9 Å². The molecule has 0 fully saturated rings. The number of hydrogen-bond acceptors (Lipinski definition) is 1. The van der Waals surface area contributed by atoms with Crippen LogP contribution in [0.5, 0.6) is 5.75 Å². The highest BCUT2D eigenvalue weighted by atomic mass is 127. The molecular formula is C17H14IO+. The summed E-state index contributed by atoms with van der Waals surface area (Å²) in [5.74, 6) is 0.922. The van der Waals surface area contributed by atoms with E-state index in [1.807, 2.05) is 12.1 Å². The molecule has 0 amide bonds. The van der Waals surface area contributed by atoms with Crippen LogP contribution in [0.2, 0.25) is 0 Å². The van der Waals surface area contributed by atoms with Crippen LogP contribution in [0.3, 0.4) is 0 Å². The number of benzene rings is 3. The predicted molar refractivity (Wildman–Crippen MR) is 74.3 cm³/mol. The average Bonchev–Trinajstić information content (AvgIpc) is 2.48. The summed E-state index contributed by atoms with van der Waals surface area (Å²) in [6.07, 6.45) is 0. The quantitative estimate of drug-likeness (QED) is 0.632. The van der Waals surface area contributed by atoms with Gasteiger partial charge in [-0.2, -0.15) is 0 Å². The number of halogens is 1. The van der Waals surface area contributed by atoms with Crippen LogP contribution in [0.1, 0.15) is 0 Å². The molecule has 1 nitrogen and oxygen atoms in total. The van der Waals surface area contributed by atoms with Gasteiger partial charge in [0.2, 0.25) is 3.57 Å². The van der Waals surface area contributed by atoms with Crippen molar-refractivity contribution in [2.24, 2.45) is 0 Å². The first-order valence-corrected chi connectivity index (χ1v) is 8.29. The van der Waals surface area contributed by atoms with Gasteiger partial charge in [-0.15, -0.1) is 0 Å². The van der Waals surface area contributed by atoms with E-state index in [0.29, 0.717) is 0 Å². The average molecular weight is 361 g/mol. The molecule has 0 radical (unpaired) electrons. The van der Waals surface area contributed by atoms with Crippen molar-refractivity contribution in [2.45, 2.75) is 0 Å². The maximum Gasteiger partial charge on any atom is 0.358 e. The van der Waals surface area contributed by atoms with Gasteiger partial charge in [0.15, 0.2) is 3.57 Å². The maximum absolute atomic E-state index is 5.20. The number of fused-ring (bicyclic) bond motifs is 1. The monoisotopic (exact) mass is 361 g/mol. The van der Waals surface area contributed by atoms with Crippen LogP contribution in [-0.4, -0.2) is 7.11 Å². The minimum Gasteiger partial charge on any atom is -0.497 e. The largest absolute Gasteiger partial charge is 0.497 e. The minimum atomic E-state index is -0.147. The molecule has 0 atom stereocenters. The molecule has 0 heterocycles. The lowest BCUT2D eigenvalue weighted by atomic mass is 10.1. The van der Waals surface area contributed by atoms with Gasteiger partial charge in [0.25, 0.3) is 0 Å². The second-order valence-corrected chi connectivity index (χ2v) is 7.16. The first-order chi connectivity index (χ1) is 9.36. The molecule has 0 N–H and O–H groups in total. The van der Waals surface area contributed by atoms with E-state index in [4.69, 9.17) is 4.74 Å². The van der Waals surface area contributed by atoms with Gasteiger partial charge < -0.3 is 4.74 Å². The molecule has 0 aliphatic heterocycles. The molecule has 0 spiro atoms. The molecule has 19 heavy (non-hydrogen) atoms. The Labute approximate surface area is 123 Å². The Bertz CT molecular complexity index is 684. The minimum absolute atomic E-state index is 0.147. The topological polar surface area (TPSA) is 9.23 Å². The molecule has 3 aromatic carbocycles. The van der Waals surface area contributed by atoms with Gasteiger partial charge in [-0.05, 0) is 41.8 Å². The van der Waals surface area contributed by atoms with Crippen LogP contribution >= 0.6 is 0 Å². The summed E-state index contributed by atoms with van der Waals surface area (Å²) in [5.41, 5.74) is 0. The molecule has 0 aliphatic rings. The Morgan fingerprint density at radius 2 is 1.53 bits per heavy atom. The molecule has 94 valence electrons. The molecule has 0 aliphatic carbocycles. The molecule has 0 bridgehead atoms. The van der Waals surface area contributed by atoms with Crippen LogP contribution < -0.4 is 25.9 Å². The van der Waals surface area contributed by atoms with Crippen molar-refractivity contribution in [3.63, 3.8) is 0 Å². The van der Waals surface area contributed by atoms with E-state index in [-0.39, 0.29) is 21.2 Å². The zero-order valence-electron chi connectivity index (χ0n) is 10.6. The van der Waals surface area contributed by atoms with Crippen molar-refractivity contribution in [1.29, 1.82) is 0 Å². The second-order valence-electron chi connectivity index (χ2n) is 4.21. The van der Waals surface area contributed by atoms with Crippen LogP contribution in [0.25, 0.3) is 10.8 Å². The van der Waals surface area contributed by atoms with Crippen molar-refractivity contribution in [3.05, 3.63) is 73.9 Å². The summed E-state index contributed by atoms with van der Waals surface area (Å²) in [7, 11) is 1.70. The zero-order chi connectivity index (χ0) is 13.1. The van der Waals surface area contributed by atoms with E-state index in [9.17, 15) is 0 Å². The van der Waals surface area contributed by atoms with Gasteiger partial charge in [0, 0.05) is 5.39 Å². The molecule has 0 unspecified atom stereocenters. The van der Waals surface area contributed by atoms with E-state index in [2.05, 4.69) is 54.6 Å². The fourth-order valence-electron chi connectivity index (χ4n) is 2.02. The molecule has 3 aromatic rings. The summed E-state index contributed by atoms with van der Waals surface area (Å²) in [5, 5.41) is 2.71. The standard InChI is InChI=1S/C17H14IO/c1-19-15-11-9-14(10-12-15)18-17-8-4-6-13-5-2-3-7-16(13)17/h2-12H,1H3/q+1. The second kappa shape index (κ2) is 5.61. The highest BCUT2D eigenvalue weighted by Gasteiger charge is 2.18. The molecule has 2 heteroatoms. The van der Waals surface area contributed by atoms with Crippen LogP contribution in [0.4, 0.5) is 0 Å². The fourth-order valence-corrected chi connectivity index (χ4v) is 4.58. The first-order valence-electron chi connectivity index (χ1n) is 6.13. The predicted octanol–water partition coefficient (Wildman–Crippen LogP) is 0.977. The van der Waals surface area contributed by atoms with Crippen molar-refractivity contribution < 1.29 is 25.9 Å². The van der Waals surface area contributed by atoms with Crippen LogP contribution in [0.15, 0.2) is 66.7 Å². The summed E-state index contributed by atoms with van der Waals surface area (Å²) in [4.78, 5) is 0. The third-order valence-corrected chi connectivity index (χ3v) is 5.86. The fraction of sp³-hybridized carbons (Fsp3) is 0.0588. The van der Waals surface area contributed by atoms with Crippen molar-refractivity contribution in [3.8, 4) is 5.75 Å². The van der Waals surface area contributed by atoms with Crippen molar-refractivity contribution >= 4 is 10.8 Å². The van der Waals surface area contributed by atoms with E-state index < -0.39 is 0 Å². The number of methoxy groups -OCH3 is 1. The summed E-state index contributed by atoms with van der Waals surface area (Å²) in [6.45, 7) is 0. The van der Waals surface area contributed by atoms with E-state index in [0.717, 1.165) is 5.75 Å². The SMILES string of the molecule is COc1ccc([I+]c2cccc3ccccc23)cc1. The number of hydrogen-bond donors (Lipinski definition) is 0. The Morgan fingerprint density at radius 3 is 2.32 bits per heavy atom. The van der Waals surface area contributed by atoms with Gasteiger partial charge in [0.1, 0.15) is 5.75 Å². The maximum atomic E-state index is 5.20. The van der Waals surface area contributed by atoms with Gasteiger partial charge in [-0.3, -0.25) is 0 Å². The van der Waals surface area contributed by atoms with Crippen molar-refractivity contribution in [1.82, 2.24) is 0 Å². The lowest BCUT2D eigenvalue weighted by molar-refractivity contribution is -0.595. The third-order valence-electron chi connectivity index (χ3n) is 3.00. The van der Waals surface area contributed by atoms with Crippen LogP contribution in [0, 0.1) is 7.14 Å².